The summed E-state index contributed by atoms with van der Waals surface area (Å²) in [7, 11) is -1.52. The minimum atomic E-state index is -3.14. The molecule has 0 saturated carbocycles. The maximum atomic E-state index is 11.5. The normalized spacial score (nSPS) is 19.9. The van der Waals surface area contributed by atoms with E-state index in [0.29, 0.717) is 12.5 Å². The van der Waals surface area contributed by atoms with Crippen LogP contribution in [0.25, 0.3) is 0 Å². The Morgan fingerprint density at radius 3 is 2.57 bits per heavy atom. The van der Waals surface area contributed by atoms with Gasteiger partial charge >= 0.3 is 0 Å². The van der Waals surface area contributed by atoms with E-state index in [1.807, 2.05) is 0 Å². The number of piperidine rings is 1. The minimum Gasteiger partial charge on any atom is -0.299 e. The molecule has 1 fully saturated rings. The Morgan fingerprint density at radius 2 is 2.00 bits per heavy atom. The second-order valence-corrected chi connectivity index (χ2v) is 8.30. The number of nitro benzene ring substituents is 1. The molecule has 2 rings (SSSR count). The monoisotopic (exact) mass is 341 g/mol. The van der Waals surface area contributed by atoms with Crippen molar-refractivity contribution in [1.29, 1.82) is 0 Å². The van der Waals surface area contributed by atoms with Gasteiger partial charge in [-0.2, -0.15) is 0 Å². The molecule has 1 aromatic rings. The lowest BCUT2D eigenvalue weighted by Gasteiger charge is -2.34. The van der Waals surface area contributed by atoms with Gasteiger partial charge in [-0.25, -0.2) is 12.7 Å². The number of benzene rings is 1. The maximum absolute atomic E-state index is 11.5. The molecule has 0 aromatic heterocycles. The molecule has 128 valence electrons. The summed E-state index contributed by atoms with van der Waals surface area (Å²) in [5.74, 6) is 0.321. The number of likely N-dealkylation sites (tertiary alicyclic amines) is 1. The van der Waals surface area contributed by atoms with Gasteiger partial charge in [-0.3, -0.25) is 15.0 Å². The largest absolute Gasteiger partial charge is 0.299 e. The van der Waals surface area contributed by atoms with E-state index in [-0.39, 0.29) is 5.69 Å². The van der Waals surface area contributed by atoms with Crippen LogP contribution in [-0.4, -0.2) is 55.5 Å². The Kier molecular flexibility index (Phi) is 5.72. The summed E-state index contributed by atoms with van der Waals surface area (Å²) in [5.41, 5.74) is 1.13. The molecule has 0 bridgehead atoms. The third kappa shape index (κ3) is 5.26. The molecule has 1 atom stereocenters. The van der Waals surface area contributed by atoms with Crippen LogP contribution < -0.4 is 0 Å². The average molecular weight is 341 g/mol. The van der Waals surface area contributed by atoms with Crippen molar-refractivity contribution in [3.8, 4) is 0 Å². The summed E-state index contributed by atoms with van der Waals surface area (Å²) < 4.78 is 24.5. The van der Waals surface area contributed by atoms with Crippen molar-refractivity contribution in [1.82, 2.24) is 9.21 Å². The third-order valence-corrected chi connectivity index (χ3v) is 5.52. The fourth-order valence-electron chi connectivity index (χ4n) is 2.92. The van der Waals surface area contributed by atoms with Gasteiger partial charge in [0.25, 0.3) is 5.69 Å². The molecule has 8 heteroatoms. The molecule has 1 aliphatic heterocycles. The van der Waals surface area contributed by atoms with E-state index in [0.717, 1.165) is 38.0 Å². The van der Waals surface area contributed by atoms with E-state index < -0.39 is 14.9 Å². The lowest BCUT2D eigenvalue weighted by molar-refractivity contribution is -0.384. The van der Waals surface area contributed by atoms with E-state index in [2.05, 4.69) is 4.90 Å². The molecule has 1 aromatic carbocycles. The van der Waals surface area contributed by atoms with Crippen molar-refractivity contribution >= 4 is 15.7 Å². The van der Waals surface area contributed by atoms with E-state index >= 15 is 0 Å². The SMILES string of the molecule is CN(C[C@H]1CCCN(Cc2ccc([N+](=O)[O-])cc2)C1)S(C)(=O)=O. The summed E-state index contributed by atoms with van der Waals surface area (Å²) in [5, 5.41) is 10.7. The fourth-order valence-corrected chi connectivity index (χ4v) is 3.41. The Labute approximate surface area is 137 Å². The average Bonchev–Trinajstić information content (AvgIpc) is 2.47. The minimum absolute atomic E-state index is 0.0973. The van der Waals surface area contributed by atoms with Gasteiger partial charge in [0.15, 0.2) is 0 Å². The first-order valence-electron chi connectivity index (χ1n) is 7.62. The Balaban J connectivity index is 1.92. The van der Waals surface area contributed by atoms with Gasteiger partial charge in [0, 0.05) is 38.8 Å². The standard InChI is InChI=1S/C15H23N3O4S/c1-16(23(2,21)22)10-14-4-3-9-17(12-14)11-13-5-7-15(8-6-13)18(19)20/h5-8,14H,3-4,9-12H2,1-2H3/t14-/m1/s1. The second kappa shape index (κ2) is 7.37. The molecule has 1 saturated heterocycles. The van der Waals surface area contributed by atoms with E-state index in [1.165, 1.54) is 22.7 Å². The summed E-state index contributed by atoms with van der Waals surface area (Å²) in [6.07, 6.45) is 3.29. The molecule has 0 spiro atoms. The highest BCUT2D eigenvalue weighted by molar-refractivity contribution is 7.88. The van der Waals surface area contributed by atoms with Gasteiger partial charge in [0.1, 0.15) is 0 Å². The van der Waals surface area contributed by atoms with Crippen LogP contribution in [0.3, 0.4) is 0 Å². The predicted octanol–water partition coefficient (Wildman–Crippen LogP) is 1.70. The molecule has 0 radical (unpaired) electrons. The van der Waals surface area contributed by atoms with Crippen LogP contribution in [0.4, 0.5) is 5.69 Å². The Hall–Kier alpha value is -1.51. The van der Waals surface area contributed by atoms with Crippen molar-refractivity contribution < 1.29 is 13.3 Å². The summed E-state index contributed by atoms with van der Waals surface area (Å²) in [4.78, 5) is 12.6. The van der Waals surface area contributed by atoms with E-state index in [1.54, 1.807) is 19.2 Å². The van der Waals surface area contributed by atoms with Gasteiger partial charge in [-0.1, -0.05) is 12.1 Å². The van der Waals surface area contributed by atoms with E-state index in [9.17, 15) is 18.5 Å². The third-order valence-electron chi connectivity index (χ3n) is 4.24. The first kappa shape index (κ1) is 17.8. The van der Waals surface area contributed by atoms with Crippen LogP contribution in [0.2, 0.25) is 0 Å². The zero-order valence-corrected chi connectivity index (χ0v) is 14.3. The molecule has 0 N–H and O–H groups in total. The molecule has 0 amide bonds. The van der Waals surface area contributed by atoms with Crippen LogP contribution in [-0.2, 0) is 16.6 Å². The number of hydrogen-bond donors (Lipinski definition) is 0. The zero-order chi connectivity index (χ0) is 17.0. The summed E-state index contributed by atoms with van der Waals surface area (Å²) in [6.45, 7) is 3.08. The number of non-ortho nitro benzene ring substituents is 1. The van der Waals surface area contributed by atoms with Gasteiger partial charge < -0.3 is 0 Å². The number of nitrogens with zero attached hydrogens (tertiary/aromatic N) is 3. The van der Waals surface area contributed by atoms with Crippen molar-refractivity contribution in [2.45, 2.75) is 19.4 Å². The molecule has 1 aliphatic rings. The number of sulfonamides is 1. The van der Waals surface area contributed by atoms with Gasteiger partial charge in [-0.05, 0) is 30.9 Å². The highest BCUT2D eigenvalue weighted by Crippen LogP contribution is 2.21. The zero-order valence-electron chi connectivity index (χ0n) is 13.5. The maximum Gasteiger partial charge on any atom is 0.269 e. The molecular weight excluding hydrogens is 318 g/mol. The van der Waals surface area contributed by atoms with Crippen LogP contribution in [0, 0.1) is 16.0 Å². The topological polar surface area (TPSA) is 83.8 Å². The van der Waals surface area contributed by atoms with Crippen LogP contribution in [0.5, 0.6) is 0 Å². The van der Waals surface area contributed by atoms with Crippen molar-refractivity contribution in [2.24, 2.45) is 5.92 Å². The number of rotatable bonds is 6. The lowest BCUT2D eigenvalue weighted by Crippen LogP contribution is -2.41. The summed E-state index contributed by atoms with van der Waals surface area (Å²) in [6, 6.07) is 6.61. The van der Waals surface area contributed by atoms with Gasteiger partial charge in [0.05, 0.1) is 11.2 Å². The Bertz CT molecular complexity index is 645. The Morgan fingerprint density at radius 1 is 1.35 bits per heavy atom. The molecule has 7 nitrogen and oxygen atoms in total. The molecule has 23 heavy (non-hydrogen) atoms. The first-order valence-corrected chi connectivity index (χ1v) is 9.47. The first-order chi connectivity index (χ1) is 10.8. The van der Waals surface area contributed by atoms with Gasteiger partial charge in [-0.15, -0.1) is 0 Å². The number of nitro groups is 1. The van der Waals surface area contributed by atoms with Crippen molar-refractivity contribution in [3.05, 3.63) is 39.9 Å². The highest BCUT2D eigenvalue weighted by Gasteiger charge is 2.23. The van der Waals surface area contributed by atoms with Crippen LogP contribution >= 0.6 is 0 Å². The molecular formula is C15H23N3O4S. The summed E-state index contributed by atoms with van der Waals surface area (Å²) >= 11 is 0. The fraction of sp³-hybridized carbons (Fsp3) is 0.600. The molecule has 0 unspecified atom stereocenters. The van der Waals surface area contributed by atoms with Crippen LogP contribution in [0.15, 0.2) is 24.3 Å². The van der Waals surface area contributed by atoms with Crippen molar-refractivity contribution in [2.75, 3.05) is 32.9 Å². The lowest BCUT2D eigenvalue weighted by atomic mass is 9.97. The predicted molar refractivity (Wildman–Crippen MR) is 88.6 cm³/mol. The van der Waals surface area contributed by atoms with Gasteiger partial charge in [0.2, 0.25) is 10.0 Å². The quantitative estimate of drug-likeness (QED) is 0.581. The second-order valence-electron chi connectivity index (χ2n) is 6.21. The highest BCUT2D eigenvalue weighted by atomic mass is 32.2. The number of hydrogen-bond acceptors (Lipinski definition) is 5. The van der Waals surface area contributed by atoms with Crippen LogP contribution in [0.1, 0.15) is 18.4 Å². The van der Waals surface area contributed by atoms with Crippen molar-refractivity contribution in [3.63, 3.8) is 0 Å². The molecule has 1 heterocycles. The molecule has 0 aliphatic carbocycles. The van der Waals surface area contributed by atoms with E-state index in [4.69, 9.17) is 0 Å². The smallest absolute Gasteiger partial charge is 0.269 e.